The molecule has 0 aliphatic heterocycles. The molecule has 3 aromatic heterocycles. The van der Waals surface area contributed by atoms with Crippen LogP contribution in [0.4, 0.5) is 0 Å². The molecular weight excluding hydrogens is 246 g/mol. The molecule has 0 saturated heterocycles. The van der Waals surface area contributed by atoms with Crippen molar-refractivity contribution in [1.82, 2.24) is 24.1 Å². The Morgan fingerprint density at radius 2 is 2.00 bits per heavy atom. The Hall–Kier alpha value is -2.70. The van der Waals surface area contributed by atoms with E-state index in [1.807, 2.05) is 12.1 Å². The maximum atomic E-state index is 11.2. The molecule has 3 heterocycles. The Bertz CT molecular complexity index is 772. The fourth-order valence-corrected chi connectivity index (χ4v) is 2.07. The lowest BCUT2D eigenvalue weighted by Crippen LogP contribution is -2.04. The van der Waals surface area contributed by atoms with Gasteiger partial charge in [-0.1, -0.05) is 0 Å². The quantitative estimate of drug-likeness (QED) is 0.744. The Balaban J connectivity index is 2.30. The van der Waals surface area contributed by atoms with E-state index in [9.17, 15) is 9.90 Å². The van der Waals surface area contributed by atoms with Crippen molar-refractivity contribution in [2.45, 2.75) is 6.92 Å². The number of carboxylic acid groups (broad SMARTS) is 1. The van der Waals surface area contributed by atoms with Crippen molar-refractivity contribution >= 4 is 11.7 Å². The molecule has 0 aliphatic carbocycles. The molecule has 0 fully saturated rings. The Morgan fingerprint density at radius 3 is 2.63 bits per heavy atom. The summed E-state index contributed by atoms with van der Waals surface area (Å²) in [5, 5.41) is 13.5. The molecule has 3 rings (SSSR count). The second-order valence-electron chi connectivity index (χ2n) is 4.18. The summed E-state index contributed by atoms with van der Waals surface area (Å²) in [5.74, 6) is 0.110. The lowest BCUT2D eigenvalue weighted by molar-refractivity contribution is 0.0687. The fraction of sp³-hybridized carbons (Fsp3) is 0.167. The van der Waals surface area contributed by atoms with E-state index in [1.165, 1.54) is 4.52 Å². The predicted octanol–water partition coefficient (Wildman–Crippen LogP) is 1.14. The summed E-state index contributed by atoms with van der Waals surface area (Å²) in [6.07, 6.45) is 3.33. The van der Waals surface area contributed by atoms with E-state index in [-0.39, 0.29) is 5.69 Å². The van der Waals surface area contributed by atoms with E-state index in [0.717, 1.165) is 5.56 Å². The number of aromatic carboxylic acids is 1. The molecule has 0 aliphatic rings. The lowest BCUT2D eigenvalue weighted by atomic mass is 10.2. The maximum absolute atomic E-state index is 11.2. The first kappa shape index (κ1) is 11.4. The minimum Gasteiger partial charge on any atom is -0.476 e. The van der Waals surface area contributed by atoms with E-state index in [0.29, 0.717) is 17.3 Å². The molecule has 0 bridgehead atoms. The molecule has 1 N–H and O–H groups in total. The van der Waals surface area contributed by atoms with Crippen molar-refractivity contribution < 1.29 is 9.90 Å². The topological polar surface area (TPSA) is 85.3 Å². The van der Waals surface area contributed by atoms with Crippen LogP contribution in [0.3, 0.4) is 0 Å². The molecule has 0 aromatic carbocycles. The van der Waals surface area contributed by atoms with E-state index < -0.39 is 5.97 Å². The van der Waals surface area contributed by atoms with Crippen molar-refractivity contribution in [2.24, 2.45) is 7.05 Å². The zero-order valence-corrected chi connectivity index (χ0v) is 10.4. The largest absolute Gasteiger partial charge is 0.476 e. The van der Waals surface area contributed by atoms with Crippen LogP contribution in [0.5, 0.6) is 0 Å². The molecule has 0 radical (unpaired) electrons. The number of hydrogen-bond acceptors (Lipinski definition) is 4. The summed E-state index contributed by atoms with van der Waals surface area (Å²) in [6, 6.07) is 3.63. The van der Waals surface area contributed by atoms with Gasteiger partial charge in [0.1, 0.15) is 0 Å². The third-order valence-corrected chi connectivity index (χ3v) is 2.97. The molecule has 3 aromatic rings. The summed E-state index contributed by atoms with van der Waals surface area (Å²) in [7, 11) is 1.80. The maximum Gasteiger partial charge on any atom is 0.356 e. The van der Waals surface area contributed by atoms with E-state index in [1.54, 1.807) is 30.9 Å². The summed E-state index contributed by atoms with van der Waals surface area (Å²) in [6.45, 7) is 1.66. The van der Waals surface area contributed by atoms with Crippen LogP contribution in [-0.2, 0) is 7.05 Å². The number of hydrogen-bond donors (Lipinski definition) is 1. The molecule has 0 spiro atoms. The second kappa shape index (κ2) is 3.91. The van der Waals surface area contributed by atoms with Crippen LogP contribution in [0.2, 0.25) is 0 Å². The molecule has 96 valence electrons. The predicted molar refractivity (Wildman–Crippen MR) is 66.9 cm³/mol. The van der Waals surface area contributed by atoms with Crippen molar-refractivity contribution in [2.75, 3.05) is 0 Å². The number of imidazole rings is 1. The van der Waals surface area contributed by atoms with E-state index >= 15 is 0 Å². The Morgan fingerprint density at radius 1 is 1.32 bits per heavy atom. The molecule has 0 saturated carbocycles. The average Bonchev–Trinajstić information content (AvgIpc) is 2.87. The van der Waals surface area contributed by atoms with Crippen molar-refractivity contribution in [3.63, 3.8) is 0 Å². The van der Waals surface area contributed by atoms with Crippen molar-refractivity contribution in [3.05, 3.63) is 35.9 Å². The van der Waals surface area contributed by atoms with Gasteiger partial charge in [-0.2, -0.15) is 4.52 Å². The third kappa shape index (κ3) is 1.59. The first-order valence-corrected chi connectivity index (χ1v) is 5.65. The van der Waals surface area contributed by atoms with Crippen LogP contribution in [0.25, 0.3) is 17.2 Å². The zero-order chi connectivity index (χ0) is 13.6. The lowest BCUT2D eigenvalue weighted by Gasteiger charge is -1.99. The number of aryl methyl sites for hydroxylation is 2. The number of aromatic nitrogens is 5. The normalized spacial score (nSPS) is 11.1. The number of pyridine rings is 1. The Kier molecular flexibility index (Phi) is 2.34. The van der Waals surface area contributed by atoms with Crippen LogP contribution in [-0.4, -0.2) is 35.2 Å². The van der Waals surface area contributed by atoms with Crippen LogP contribution in [0.15, 0.2) is 24.5 Å². The molecule has 19 heavy (non-hydrogen) atoms. The summed E-state index contributed by atoms with van der Waals surface area (Å²) in [4.78, 5) is 19.4. The number of carbonyl (C=O) groups is 1. The highest BCUT2D eigenvalue weighted by molar-refractivity contribution is 5.88. The van der Waals surface area contributed by atoms with Crippen LogP contribution < -0.4 is 0 Å². The standard InChI is InChI=1S/C12H11N5O2/c1-7-9(11(18)19)17-12(14-7)16(2)10(15-17)8-3-5-13-6-4-8/h3-6H,1-2H3,(H,18,19). The molecule has 0 atom stereocenters. The van der Waals surface area contributed by atoms with Gasteiger partial charge in [-0.15, -0.1) is 5.10 Å². The first-order chi connectivity index (χ1) is 9.09. The van der Waals surface area contributed by atoms with Gasteiger partial charge in [0.2, 0.25) is 5.78 Å². The van der Waals surface area contributed by atoms with Crippen LogP contribution in [0, 0.1) is 6.92 Å². The van der Waals surface area contributed by atoms with Gasteiger partial charge in [-0.05, 0) is 19.1 Å². The third-order valence-electron chi connectivity index (χ3n) is 2.97. The van der Waals surface area contributed by atoms with Gasteiger partial charge in [0, 0.05) is 25.0 Å². The van der Waals surface area contributed by atoms with Gasteiger partial charge in [0.25, 0.3) is 0 Å². The van der Waals surface area contributed by atoms with Gasteiger partial charge < -0.3 is 5.11 Å². The molecule has 7 nitrogen and oxygen atoms in total. The van der Waals surface area contributed by atoms with Gasteiger partial charge in [-0.3, -0.25) is 9.55 Å². The smallest absolute Gasteiger partial charge is 0.356 e. The fourth-order valence-electron chi connectivity index (χ4n) is 2.07. The average molecular weight is 257 g/mol. The zero-order valence-electron chi connectivity index (χ0n) is 10.4. The molecule has 0 amide bonds. The SMILES string of the molecule is Cc1nc2n(C)c(-c3ccncc3)nn2c1C(=O)O. The summed E-state index contributed by atoms with van der Waals surface area (Å²) < 4.78 is 3.11. The summed E-state index contributed by atoms with van der Waals surface area (Å²) >= 11 is 0. The number of fused-ring (bicyclic) bond motifs is 1. The monoisotopic (exact) mass is 257 g/mol. The highest BCUT2D eigenvalue weighted by Gasteiger charge is 2.21. The molecule has 7 heteroatoms. The number of nitrogens with zero attached hydrogens (tertiary/aromatic N) is 5. The van der Waals surface area contributed by atoms with E-state index in [4.69, 9.17) is 0 Å². The number of rotatable bonds is 2. The first-order valence-electron chi connectivity index (χ1n) is 5.65. The van der Waals surface area contributed by atoms with E-state index in [2.05, 4.69) is 15.1 Å². The summed E-state index contributed by atoms with van der Waals surface area (Å²) in [5.41, 5.74) is 1.40. The molecular formula is C12H11N5O2. The minimum atomic E-state index is -1.04. The van der Waals surface area contributed by atoms with Gasteiger partial charge in [-0.25, -0.2) is 9.78 Å². The van der Waals surface area contributed by atoms with Gasteiger partial charge >= 0.3 is 5.97 Å². The highest BCUT2D eigenvalue weighted by Crippen LogP contribution is 2.20. The molecule has 0 unspecified atom stereocenters. The number of carboxylic acids is 1. The minimum absolute atomic E-state index is 0.0888. The van der Waals surface area contributed by atoms with Gasteiger partial charge in [0.05, 0.1) is 5.69 Å². The van der Waals surface area contributed by atoms with Gasteiger partial charge in [0.15, 0.2) is 11.5 Å². The van der Waals surface area contributed by atoms with Crippen LogP contribution in [0.1, 0.15) is 16.2 Å². The second-order valence-corrected chi connectivity index (χ2v) is 4.18. The van der Waals surface area contributed by atoms with Crippen molar-refractivity contribution in [1.29, 1.82) is 0 Å². The Labute approximate surface area is 108 Å². The van der Waals surface area contributed by atoms with Crippen molar-refractivity contribution in [3.8, 4) is 11.4 Å². The van der Waals surface area contributed by atoms with Crippen LogP contribution >= 0.6 is 0 Å². The highest BCUT2D eigenvalue weighted by atomic mass is 16.4.